The molecule has 2 aromatic carbocycles. The Hall–Kier alpha value is -2.20. The molecule has 1 heterocycles. The third-order valence-corrected chi connectivity index (χ3v) is 3.51. The molecule has 4 heteroatoms. The van der Waals surface area contributed by atoms with Gasteiger partial charge in [0.15, 0.2) is 5.82 Å². The zero-order chi connectivity index (χ0) is 14.1. The van der Waals surface area contributed by atoms with E-state index in [0.717, 1.165) is 23.3 Å². The molecule has 0 unspecified atom stereocenters. The monoisotopic (exact) mass is 269 g/mol. The largest absolute Gasteiger partial charge is 0.330 e. The molecule has 1 aromatic heterocycles. The summed E-state index contributed by atoms with van der Waals surface area (Å²) in [6.45, 7) is 0.636. The summed E-state index contributed by atoms with van der Waals surface area (Å²) >= 11 is 0. The molecule has 3 nitrogen and oxygen atoms in total. The summed E-state index contributed by atoms with van der Waals surface area (Å²) < 4.78 is 15.7. The van der Waals surface area contributed by atoms with E-state index >= 15 is 0 Å². The zero-order valence-electron chi connectivity index (χ0n) is 11.3. The van der Waals surface area contributed by atoms with Crippen LogP contribution in [0.25, 0.3) is 22.4 Å². The maximum absolute atomic E-state index is 13.8. The molecule has 0 amide bonds. The van der Waals surface area contributed by atoms with Gasteiger partial charge in [0.2, 0.25) is 0 Å². The molecule has 102 valence electrons. The number of halogens is 1. The van der Waals surface area contributed by atoms with E-state index in [2.05, 4.69) is 4.98 Å². The second-order valence-electron chi connectivity index (χ2n) is 4.84. The van der Waals surface area contributed by atoms with Gasteiger partial charge in [0.05, 0.1) is 5.52 Å². The minimum absolute atomic E-state index is 0.288. The molecule has 3 rings (SSSR count). The molecule has 2 N–H and O–H groups in total. The Morgan fingerprint density at radius 1 is 1.15 bits per heavy atom. The number of fused-ring (bicyclic) bond motifs is 1. The minimum atomic E-state index is -0.288. The minimum Gasteiger partial charge on any atom is -0.330 e. The number of aryl methyl sites for hydroxylation is 1. The highest BCUT2D eigenvalue weighted by molar-refractivity contribution is 5.81. The molecule has 0 aliphatic rings. The Balaban J connectivity index is 2.10. The van der Waals surface area contributed by atoms with Gasteiger partial charge in [0, 0.05) is 12.6 Å². The molecule has 20 heavy (non-hydrogen) atoms. The summed E-state index contributed by atoms with van der Waals surface area (Å²) in [5.41, 5.74) is 8.92. The molecule has 0 aliphatic carbocycles. The average Bonchev–Trinajstić information content (AvgIpc) is 2.79. The Kier molecular flexibility index (Phi) is 3.24. The molecular weight excluding hydrogens is 253 g/mol. The number of benzene rings is 2. The van der Waals surface area contributed by atoms with Crippen LogP contribution in [0.3, 0.4) is 0 Å². The number of nitrogens with zero attached hydrogens (tertiary/aromatic N) is 2. The van der Waals surface area contributed by atoms with Crippen LogP contribution in [0.15, 0.2) is 42.5 Å². The van der Waals surface area contributed by atoms with Crippen LogP contribution in [0.4, 0.5) is 4.39 Å². The molecule has 0 saturated heterocycles. The lowest BCUT2D eigenvalue weighted by atomic mass is 10.1. The van der Waals surface area contributed by atoms with Crippen molar-refractivity contribution in [3.05, 3.63) is 53.8 Å². The van der Waals surface area contributed by atoms with Gasteiger partial charge in [-0.1, -0.05) is 30.3 Å². The molecule has 0 radical (unpaired) electrons. The first-order valence-corrected chi connectivity index (χ1v) is 6.61. The van der Waals surface area contributed by atoms with Gasteiger partial charge < -0.3 is 10.3 Å². The van der Waals surface area contributed by atoms with Gasteiger partial charge in [-0.2, -0.15) is 0 Å². The van der Waals surface area contributed by atoms with Crippen LogP contribution >= 0.6 is 0 Å². The van der Waals surface area contributed by atoms with Crippen LogP contribution in [0.5, 0.6) is 0 Å². The summed E-state index contributed by atoms with van der Waals surface area (Å²) in [4.78, 5) is 4.42. The second-order valence-corrected chi connectivity index (χ2v) is 4.84. The van der Waals surface area contributed by atoms with Crippen molar-refractivity contribution in [3.63, 3.8) is 0 Å². The molecule has 0 fully saturated rings. The van der Waals surface area contributed by atoms with Crippen LogP contribution in [-0.2, 0) is 13.5 Å². The number of nitrogens with two attached hydrogens (primary N) is 1. The van der Waals surface area contributed by atoms with Crippen molar-refractivity contribution in [1.29, 1.82) is 0 Å². The van der Waals surface area contributed by atoms with E-state index in [0.29, 0.717) is 12.1 Å². The third kappa shape index (κ3) is 2.08. The van der Waals surface area contributed by atoms with Gasteiger partial charge in [-0.25, -0.2) is 9.37 Å². The average molecular weight is 269 g/mol. The predicted molar refractivity (Wildman–Crippen MR) is 78.9 cm³/mol. The molecule has 0 bridgehead atoms. The molecule has 0 atom stereocenters. The third-order valence-electron chi connectivity index (χ3n) is 3.51. The number of para-hydroxylation sites is 1. The van der Waals surface area contributed by atoms with E-state index in [-0.39, 0.29) is 5.82 Å². The van der Waals surface area contributed by atoms with Crippen LogP contribution in [0, 0.1) is 5.82 Å². The Labute approximate surface area is 116 Å². The summed E-state index contributed by atoms with van der Waals surface area (Å²) in [7, 11) is 1.90. The summed E-state index contributed by atoms with van der Waals surface area (Å²) in [5, 5.41) is 0. The highest BCUT2D eigenvalue weighted by Gasteiger charge is 2.12. The van der Waals surface area contributed by atoms with E-state index in [1.807, 2.05) is 41.9 Å². The van der Waals surface area contributed by atoms with E-state index in [4.69, 9.17) is 5.73 Å². The van der Waals surface area contributed by atoms with Crippen molar-refractivity contribution in [2.75, 3.05) is 6.54 Å². The van der Waals surface area contributed by atoms with Crippen molar-refractivity contribution in [2.45, 2.75) is 6.42 Å². The fourth-order valence-corrected chi connectivity index (χ4v) is 2.43. The first-order chi connectivity index (χ1) is 9.70. The van der Waals surface area contributed by atoms with Gasteiger partial charge in [0.1, 0.15) is 11.3 Å². The molecule has 0 spiro atoms. The predicted octanol–water partition coefficient (Wildman–Crippen LogP) is 2.88. The van der Waals surface area contributed by atoms with E-state index in [9.17, 15) is 4.39 Å². The van der Waals surface area contributed by atoms with Crippen molar-refractivity contribution in [1.82, 2.24) is 9.55 Å². The first-order valence-electron chi connectivity index (χ1n) is 6.61. The molecule has 0 saturated carbocycles. The fraction of sp³-hybridized carbons (Fsp3) is 0.188. The topological polar surface area (TPSA) is 43.8 Å². The van der Waals surface area contributed by atoms with Gasteiger partial charge >= 0.3 is 0 Å². The lowest BCUT2D eigenvalue weighted by molar-refractivity contribution is 0.637. The Bertz CT molecular complexity index is 744. The summed E-state index contributed by atoms with van der Waals surface area (Å²) in [6.07, 6.45) is 0.859. The van der Waals surface area contributed by atoms with Gasteiger partial charge in [-0.15, -0.1) is 0 Å². The second kappa shape index (κ2) is 5.06. The zero-order valence-corrected chi connectivity index (χ0v) is 11.3. The number of hydrogen-bond donors (Lipinski definition) is 1. The first kappa shape index (κ1) is 12.8. The van der Waals surface area contributed by atoms with E-state index in [1.165, 1.54) is 11.6 Å². The number of aromatic nitrogens is 2. The highest BCUT2D eigenvalue weighted by Crippen LogP contribution is 2.25. The number of hydrogen-bond acceptors (Lipinski definition) is 2. The maximum Gasteiger partial charge on any atom is 0.151 e. The smallest absolute Gasteiger partial charge is 0.151 e. The Morgan fingerprint density at radius 2 is 1.90 bits per heavy atom. The number of rotatable bonds is 3. The van der Waals surface area contributed by atoms with Crippen molar-refractivity contribution >= 4 is 11.0 Å². The quantitative estimate of drug-likeness (QED) is 0.794. The van der Waals surface area contributed by atoms with Crippen LogP contribution in [-0.4, -0.2) is 16.1 Å². The lowest BCUT2D eigenvalue weighted by Crippen LogP contribution is -2.02. The van der Waals surface area contributed by atoms with Gasteiger partial charge in [-0.3, -0.25) is 0 Å². The van der Waals surface area contributed by atoms with Gasteiger partial charge in [-0.05, 0) is 30.7 Å². The van der Waals surface area contributed by atoms with Crippen LogP contribution in [0.1, 0.15) is 5.56 Å². The lowest BCUT2D eigenvalue weighted by Gasteiger charge is -2.04. The van der Waals surface area contributed by atoms with Crippen molar-refractivity contribution < 1.29 is 4.39 Å². The molecule has 0 aliphatic heterocycles. The summed E-state index contributed by atoms with van der Waals surface area (Å²) in [6, 6.07) is 13.1. The summed E-state index contributed by atoms with van der Waals surface area (Å²) in [5.74, 6) is 0.480. The molecule has 3 aromatic rings. The van der Waals surface area contributed by atoms with Crippen LogP contribution < -0.4 is 5.73 Å². The maximum atomic E-state index is 13.8. The highest BCUT2D eigenvalue weighted by atomic mass is 19.1. The van der Waals surface area contributed by atoms with E-state index < -0.39 is 0 Å². The Morgan fingerprint density at radius 3 is 2.55 bits per heavy atom. The van der Waals surface area contributed by atoms with Crippen molar-refractivity contribution in [3.8, 4) is 11.4 Å². The van der Waals surface area contributed by atoms with E-state index in [1.54, 1.807) is 6.07 Å². The fourth-order valence-electron chi connectivity index (χ4n) is 2.43. The van der Waals surface area contributed by atoms with Crippen molar-refractivity contribution in [2.24, 2.45) is 12.8 Å². The standard InChI is InChI=1S/C16H16FN3/c1-20-14-4-2-3-13(17)15(14)19-16(20)12-7-5-11(6-8-12)9-10-18/h2-8H,9-10,18H2,1H3. The SMILES string of the molecule is Cn1c(-c2ccc(CCN)cc2)nc2c(F)cccc21. The normalized spacial score (nSPS) is 11.2. The van der Waals surface area contributed by atoms with Crippen LogP contribution in [0.2, 0.25) is 0 Å². The van der Waals surface area contributed by atoms with Gasteiger partial charge in [0.25, 0.3) is 0 Å². The molecular formula is C16H16FN3. The number of imidazole rings is 1.